The van der Waals surface area contributed by atoms with E-state index in [4.69, 9.17) is 11.6 Å². The second kappa shape index (κ2) is 6.59. The molecule has 110 valence electrons. The lowest BCUT2D eigenvalue weighted by Crippen LogP contribution is -2.41. The fourth-order valence-corrected chi connectivity index (χ4v) is 2.89. The summed E-state index contributed by atoms with van der Waals surface area (Å²) in [6, 6.07) is 7.94. The first-order valence-electron chi connectivity index (χ1n) is 7.21. The third kappa shape index (κ3) is 3.53. The quantitative estimate of drug-likeness (QED) is 0.852. The van der Waals surface area contributed by atoms with E-state index in [0.29, 0.717) is 6.54 Å². The highest BCUT2D eigenvalue weighted by atomic mass is 35.5. The Morgan fingerprint density at radius 2 is 2.15 bits per heavy atom. The average molecular weight is 295 g/mol. The molecule has 1 saturated heterocycles. The number of rotatable bonds is 4. The van der Waals surface area contributed by atoms with Crippen molar-refractivity contribution in [2.75, 3.05) is 20.1 Å². The average Bonchev–Trinajstić information content (AvgIpc) is 2.83. The highest BCUT2D eigenvalue weighted by Crippen LogP contribution is 2.23. The third-order valence-electron chi connectivity index (χ3n) is 3.95. The molecule has 1 heterocycles. The zero-order chi connectivity index (χ0) is 14.7. The van der Waals surface area contributed by atoms with Crippen LogP contribution in [0.4, 0.5) is 0 Å². The van der Waals surface area contributed by atoms with E-state index in [1.54, 1.807) is 0 Å². The normalized spacial score (nSPS) is 19.6. The van der Waals surface area contributed by atoms with E-state index in [2.05, 4.69) is 25.8 Å². The summed E-state index contributed by atoms with van der Waals surface area (Å²) >= 11 is 6.21. The number of hydrogen-bond donors (Lipinski definition) is 0. The zero-order valence-electron chi connectivity index (χ0n) is 12.5. The van der Waals surface area contributed by atoms with E-state index < -0.39 is 0 Å². The number of nitrogens with zero attached hydrogens (tertiary/aromatic N) is 2. The lowest BCUT2D eigenvalue weighted by atomic mass is 10.1. The van der Waals surface area contributed by atoms with Gasteiger partial charge < -0.3 is 9.80 Å². The van der Waals surface area contributed by atoms with Crippen LogP contribution >= 0.6 is 11.6 Å². The second-order valence-corrected chi connectivity index (χ2v) is 6.31. The Morgan fingerprint density at radius 3 is 2.70 bits per heavy atom. The first-order chi connectivity index (χ1) is 9.49. The zero-order valence-corrected chi connectivity index (χ0v) is 13.2. The molecular formula is C16H23ClN2O. The Bertz CT molecular complexity index is 475. The third-order valence-corrected chi connectivity index (χ3v) is 4.31. The van der Waals surface area contributed by atoms with Gasteiger partial charge in [-0.3, -0.25) is 4.79 Å². The molecule has 3 nitrogen and oxygen atoms in total. The van der Waals surface area contributed by atoms with E-state index in [0.717, 1.165) is 30.1 Å². The van der Waals surface area contributed by atoms with Crippen LogP contribution in [-0.4, -0.2) is 41.9 Å². The summed E-state index contributed by atoms with van der Waals surface area (Å²) in [7, 11) is 2.07. The van der Waals surface area contributed by atoms with Crippen molar-refractivity contribution in [2.45, 2.75) is 32.9 Å². The molecule has 1 fully saturated rings. The lowest BCUT2D eigenvalue weighted by molar-refractivity contribution is -0.137. The summed E-state index contributed by atoms with van der Waals surface area (Å²) in [5.41, 5.74) is 1.02. The smallest absolute Gasteiger partial charge is 0.227 e. The fourth-order valence-electron chi connectivity index (χ4n) is 2.70. The molecule has 1 aromatic carbocycles. The molecule has 1 atom stereocenters. The number of carbonyl (C=O) groups excluding carboxylic acids is 1. The van der Waals surface area contributed by atoms with Gasteiger partial charge in [0.25, 0.3) is 0 Å². The molecule has 0 N–H and O–H groups in total. The van der Waals surface area contributed by atoms with Gasteiger partial charge in [0.15, 0.2) is 0 Å². The van der Waals surface area contributed by atoms with Gasteiger partial charge in [0.05, 0.1) is 5.92 Å². The SMILES string of the molecule is CC(C)N(Cc1ccccc1Cl)C(=O)C1CCN(C)C1. The predicted octanol–water partition coefficient (Wildman–Crippen LogP) is 3.03. The van der Waals surface area contributed by atoms with Crippen LogP contribution in [0.3, 0.4) is 0 Å². The van der Waals surface area contributed by atoms with Crippen molar-refractivity contribution in [3.05, 3.63) is 34.9 Å². The Kier molecular flexibility index (Phi) is 5.06. The number of hydrogen-bond acceptors (Lipinski definition) is 2. The molecule has 0 saturated carbocycles. The topological polar surface area (TPSA) is 23.6 Å². The first-order valence-corrected chi connectivity index (χ1v) is 7.59. The summed E-state index contributed by atoms with van der Waals surface area (Å²) in [6.07, 6.45) is 0.959. The molecule has 1 aromatic rings. The van der Waals surface area contributed by atoms with Crippen molar-refractivity contribution in [3.63, 3.8) is 0 Å². The van der Waals surface area contributed by atoms with Crippen molar-refractivity contribution in [3.8, 4) is 0 Å². The van der Waals surface area contributed by atoms with Gasteiger partial charge >= 0.3 is 0 Å². The Morgan fingerprint density at radius 1 is 1.45 bits per heavy atom. The van der Waals surface area contributed by atoms with Crippen LogP contribution in [-0.2, 0) is 11.3 Å². The standard InChI is InChI=1S/C16H23ClN2O/c1-12(2)19(11-13-6-4-5-7-15(13)17)16(20)14-8-9-18(3)10-14/h4-7,12,14H,8-11H2,1-3H3. The lowest BCUT2D eigenvalue weighted by Gasteiger charge is -2.29. The van der Waals surface area contributed by atoms with Gasteiger partial charge in [-0.05, 0) is 45.5 Å². The molecule has 1 amide bonds. The largest absolute Gasteiger partial charge is 0.336 e. The van der Waals surface area contributed by atoms with Gasteiger partial charge in [-0.2, -0.15) is 0 Å². The van der Waals surface area contributed by atoms with Crippen LogP contribution in [0.15, 0.2) is 24.3 Å². The van der Waals surface area contributed by atoms with Crippen molar-refractivity contribution in [2.24, 2.45) is 5.92 Å². The number of halogens is 1. The van der Waals surface area contributed by atoms with Crippen LogP contribution in [0.5, 0.6) is 0 Å². The maximum absolute atomic E-state index is 12.7. The maximum Gasteiger partial charge on any atom is 0.227 e. The minimum Gasteiger partial charge on any atom is -0.336 e. The number of amides is 1. The molecular weight excluding hydrogens is 272 g/mol. The van der Waals surface area contributed by atoms with Gasteiger partial charge in [-0.25, -0.2) is 0 Å². The second-order valence-electron chi connectivity index (χ2n) is 5.90. The van der Waals surface area contributed by atoms with Crippen LogP contribution < -0.4 is 0 Å². The predicted molar refractivity (Wildman–Crippen MR) is 82.7 cm³/mol. The van der Waals surface area contributed by atoms with Gasteiger partial charge in [0, 0.05) is 24.2 Å². The summed E-state index contributed by atoms with van der Waals surface area (Å²) in [4.78, 5) is 16.9. The summed E-state index contributed by atoms with van der Waals surface area (Å²) in [5, 5.41) is 0.731. The minimum absolute atomic E-state index is 0.130. The maximum atomic E-state index is 12.7. The number of carbonyl (C=O) groups is 1. The van der Waals surface area contributed by atoms with Gasteiger partial charge in [0.1, 0.15) is 0 Å². The van der Waals surface area contributed by atoms with Crippen molar-refractivity contribution in [1.29, 1.82) is 0 Å². The van der Waals surface area contributed by atoms with Gasteiger partial charge in [-0.1, -0.05) is 29.8 Å². The molecule has 2 rings (SSSR count). The summed E-state index contributed by atoms with van der Waals surface area (Å²) in [5.74, 6) is 0.383. The molecule has 0 aromatic heterocycles. The highest BCUT2D eigenvalue weighted by Gasteiger charge is 2.31. The molecule has 4 heteroatoms. The van der Waals surface area contributed by atoms with Crippen molar-refractivity contribution >= 4 is 17.5 Å². The molecule has 0 spiro atoms. The molecule has 0 radical (unpaired) electrons. The molecule has 1 aliphatic rings. The van der Waals surface area contributed by atoms with Gasteiger partial charge in [0.2, 0.25) is 5.91 Å². The highest BCUT2D eigenvalue weighted by molar-refractivity contribution is 6.31. The van der Waals surface area contributed by atoms with E-state index >= 15 is 0 Å². The Labute approximate surface area is 126 Å². The van der Waals surface area contributed by atoms with Crippen molar-refractivity contribution in [1.82, 2.24) is 9.80 Å². The van der Waals surface area contributed by atoms with E-state index in [1.165, 1.54) is 0 Å². The monoisotopic (exact) mass is 294 g/mol. The fraction of sp³-hybridized carbons (Fsp3) is 0.562. The molecule has 20 heavy (non-hydrogen) atoms. The van der Waals surface area contributed by atoms with E-state index in [1.807, 2.05) is 29.2 Å². The van der Waals surface area contributed by atoms with E-state index in [9.17, 15) is 4.79 Å². The number of likely N-dealkylation sites (tertiary alicyclic amines) is 1. The van der Waals surface area contributed by atoms with Crippen LogP contribution in [0.2, 0.25) is 5.02 Å². The molecule has 1 unspecified atom stereocenters. The van der Waals surface area contributed by atoms with E-state index in [-0.39, 0.29) is 17.9 Å². The van der Waals surface area contributed by atoms with Crippen LogP contribution in [0.1, 0.15) is 25.8 Å². The molecule has 0 aliphatic carbocycles. The molecule has 0 bridgehead atoms. The molecule has 1 aliphatic heterocycles. The summed E-state index contributed by atoms with van der Waals surface area (Å²) in [6.45, 7) is 6.59. The van der Waals surface area contributed by atoms with Crippen LogP contribution in [0.25, 0.3) is 0 Å². The Balaban J connectivity index is 2.11. The van der Waals surface area contributed by atoms with Gasteiger partial charge in [-0.15, -0.1) is 0 Å². The summed E-state index contributed by atoms with van der Waals surface area (Å²) < 4.78 is 0. The first kappa shape index (κ1) is 15.3. The van der Waals surface area contributed by atoms with Crippen molar-refractivity contribution < 1.29 is 4.79 Å². The Hall–Kier alpha value is -1.06. The van der Waals surface area contributed by atoms with Crippen LogP contribution in [0, 0.1) is 5.92 Å². The minimum atomic E-state index is 0.130. The number of benzene rings is 1.